The third-order valence-electron chi connectivity index (χ3n) is 3.59. The number of aromatic nitrogens is 6. The van der Waals surface area contributed by atoms with E-state index in [1.54, 1.807) is 0 Å². The van der Waals surface area contributed by atoms with Crippen molar-refractivity contribution in [2.24, 2.45) is 0 Å². The summed E-state index contributed by atoms with van der Waals surface area (Å²) in [6.45, 7) is 2.77. The Kier molecular flexibility index (Phi) is 3.55. The fourth-order valence-corrected chi connectivity index (χ4v) is 2.53. The Morgan fingerprint density at radius 1 is 1.38 bits per heavy atom. The lowest BCUT2D eigenvalue weighted by Gasteiger charge is -2.14. The standard InChI is InChI=1S/C12H18N8O/c1-7(14-11(21)9-15-12(13)19-17-9)10-18-16-8-5-3-2-4-6-20(8)10/h7H,2-6H2,1H3,(H,14,21)(H3,13,15,17,19). The van der Waals surface area contributed by atoms with Crippen LogP contribution in [0.4, 0.5) is 5.95 Å². The predicted molar refractivity (Wildman–Crippen MR) is 74.3 cm³/mol. The topological polar surface area (TPSA) is 127 Å². The predicted octanol–water partition coefficient (Wildman–Crippen LogP) is 0.196. The lowest BCUT2D eigenvalue weighted by atomic mass is 10.2. The summed E-state index contributed by atoms with van der Waals surface area (Å²) in [5.74, 6) is 1.54. The van der Waals surface area contributed by atoms with Gasteiger partial charge in [0.1, 0.15) is 5.82 Å². The quantitative estimate of drug-likeness (QED) is 0.740. The van der Waals surface area contributed by atoms with E-state index in [0.29, 0.717) is 0 Å². The molecule has 0 fully saturated rings. The molecule has 1 aliphatic heterocycles. The second kappa shape index (κ2) is 5.51. The number of amides is 1. The van der Waals surface area contributed by atoms with Crippen molar-refractivity contribution in [3.63, 3.8) is 0 Å². The number of nitrogens with two attached hydrogens (primary N) is 1. The fourth-order valence-electron chi connectivity index (χ4n) is 2.53. The summed E-state index contributed by atoms with van der Waals surface area (Å²) in [7, 11) is 0. The first kappa shape index (κ1) is 13.5. The van der Waals surface area contributed by atoms with Crippen LogP contribution in [0.1, 0.15) is 54.5 Å². The Morgan fingerprint density at radius 2 is 2.24 bits per heavy atom. The molecule has 0 aromatic carbocycles. The van der Waals surface area contributed by atoms with Crippen LogP contribution in [0.3, 0.4) is 0 Å². The van der Waals surface area contributed by atoms with E-state index in [2.05, 4.69) is 35.3 Å². The van der Waals surface area contributed by atoms with Crippen molar-refractivity contribution in [1.29, 1.82) is 0 Å². The number of nitrogens with zero attached hydrogens (tertiary/aromatic N) is 5. The number of rotatable bonds is 3. The van der Waals surface area contributed by atoms with Gasteiger partial charge >= 0.3 is 0 Å². The molecule has 0 spiro atoms. The summed E-state index contributed by atoms with van der Waals surface area (Å²) in [6, 6.07) is -0.261. The Hall–Kier alpha value is -2.45. The lowest BCUT2D eigenvalue weighted by Crippen LogP contribution is -2.29. The van der Waals surface area contributed by atoms with Crippen molar-refractivity contribution in [3.8, 4) is 0 Å². The van der Waals surface area contributed by atoms with Crippen LogP contribution < -0.4 is 11.1 Å². The highest BCUT2D eigenvalue weighted by Gasteiger charge is 2.22. The summed E-state index contributed by atoms with van der Waals surface area (Å²) in [6.07, 6.45) is 4.38. The summed E-state index contributed by atoms with van der Waals surface area (Å²) in [5.41, 5.74) is 5.39. The van der Waals surface area contributed by atoms with Gasteiger partial charge in [0.05, 0.1) is 6.04 Å². The number of aryl methyl sites for hydroxylation is 1. The van der Waals surface area contributed by atoms with Crippen LogP contribution in [0.5, 0.6) is 0 Å². The maximum atomic E-state index is 12.0. The molecule has 1 atom stereocenters. The van der Waals surface area contributed by atoms with Gasteiger partial charge in [0.25, 0.3) is 5.91 Å². The van der Waals surface area contributed by atoms with E-state index < -0.39 is 0 Å². The van der Waals surface area contributed by atoms with Crippen LogP contribution in [0.15, 0.2) is 0 Å². The van der Waals surface area contributed by atoms with Gasteiger partial charge in [-0.3, -0.25) is 9.89 Å². The number of nitrogen functional groups attached to an aromatic ring is 1. The zero-order valence-corrected chi connectivity index (χ0v) is 11.8. The van der Waals surface area contributed by atoms with Gasteiger partial charge in [-0.15, -0.1) is 15.3 Å². The number of fused-ring (bicyclic) bond motifs is 1. The third kappa shape index (κ3) is 2.71. The van der Waals surface area contributed by atoms with Crippen molar-refractivity contribution in [1.82, 2.24) is 35.3 Å². The molecule has 21 heavy (non-hydrogen) atoms. The summed E-state index contributed by atoms with van der Waals surface area (Å²) in [4.78, 5) is 15.8. The molecule has 1 unspecified atom stereocenters. The molecular weight excluding hydrogens is 272 g/mol. The van der Waals surface area contributed by atoms with Crippen molar-refractivity contribution in [2.75, 3.05) is 5.73 Å². The highest BCUT2D eigenvalue weighted by atomic mass is 16.2. The molecule has 9 heteroatoms. The summed E-state index contributed by atoms with van der Waals surface area (Å²) in [5, 5.41) is 17.4. The summed E-state index contributed by atoms with van der Waals surface area (Å²) < 4.78 is 2.10. The number of hydrogen-bond acceptors (Lipinski definition) is 6. The van der Waals surface area contributed by atoms with Crippen molar-refractivity contribution >= 4 is 11.9 Å². The first-order valence-corrected chi connectivity index (χ1v) is 7.06. The number of carbonyl (C=O) groups excluding carboxylic acids is 1. The number of anilines is 1. The first-order valence-electron chi connectivity index (χ1n) is 7.06. The number of H-pyrrole nitrogens is 1. The number of aromatic amines is 1. The Bertz CT molecular complexity index is 645. The largest absolute Gasteiger partial charge is 0.366 e. The first-order chi connectivity index (χ1) is 10.1. The molecule has 3 rings (SSSR count). The SMILES string of the molecule is CC(NC(=O)c1nc(N)n[nH]1)c1nnc2n1CCCCC2. The minimum atomic E-state index is -0.363. The van der Waals surface area contributed by atoms with Gasteiger partial charge in [0.15, 0.2) is 5.82 Å². The maximum Gasteiger partial charge on any atom is 0.289 e. The molecule has 0 radical (unpaired) electrons. The van der Waals surface area contributed by atoms with E-state index in [1.807, 2.05) is 6.92 Å². The molecule has 112 valence electrons. The molecule has 0 bridgehead atoms. The fraction of sp³-hybridized carbons (Fsp3) is 0.583. The van der Waals surface area contributed by atoms with E-state index >= 15 is 0 Å². The van der Waals surface area contributed by atoms with Crippen LogP contribution in [-0.4, -0.2) is 35.9 Å². The molecule has 0 saturated carbocycles. The van der Waals surface area contributed by atoms with E-state index in [9.17, 15) is 4.79 Å². The molecule has 4 N–H and O–H groups in total. The second-order valence-corrected chi connectivity index (χ2v) is 5.17. The lowest BCUT2D eigenvalue weighted by molar-refractivity contribution is 0.0927. The van der Waals surface area contributed by atoms with Crippen molar-refractivity contribution in [3.05, 3.63) is 17.5 Å². The third-order valence-corrected chi connectivity index (χ3v) is 3.59. The van der Waals surface area contributed by atoms with Gasteiger partial charge < -0.3 is 15.6 Å². The zero-order valence-electron chi connectivity index (χ0n) is 11.8. The van der Waals surface area contributed by atoms with E-state index in [4.69, 9.17) is 5.73 Å². The molecule has 0 aliphatic carbocycles. The Balaban J connectivity index is 1.75. The molecule has 2 aromatic rings. The molecule has 1 amide bonds. The Morgan fingerprint density at radius 3 is 3.00 bits per heavy atom. The average Bonchev–Trinajstić information content (AvgIpc) is 2.99. The minimum Gasteiger partial charge on any atom is -0.366 e. The van der Waals surface area contributed by atoms with Crippen molar-refractivity contribution < 1.29 is 4.79 Å². The number of nitrogens with one attached hydrogen (secondary N) is 2. The summed E-state index contributed by atoms with van der Waals surface area (Å²) >= 11 is 0. The van der Waals surface area contributed by atoms with E-state index in [1.165, 1.54) is 6.42 Å². The highest BCUT2D eigenvalue weighted by molar-refractivity contribution is 5.90. The normalized spacial score (nSPS) is 16.0. The highest BCUT2D eigenvalue weighted by Crippen LogP contribution is 2.18. The van der Waals surface area contributed by atoms with Crippen LogP contribution >= 0.6 is 0 Å². The number of hydrogen-bond donors (Lipinski definition) is 3. The number of carbonyl (C=O) groups is 1. The van der Waals surface area contributed by atoms with Crippen LogP contribution in [0.25, 0.3) is 0 Å². The monoisotopic (exact) mass is 290 g/mol. The average molecular weight is 290 g/mol. The van der Waals surface area contributed by atoms with Gasteiger partial charge in [0, 0.05) is 13.0 Å². The maximum absolute atomic E-state index is 12.0. The molecule has 3 heterocycles. The van der Waals surface area contributed by atoms with Gasteiger partial charge in [0.2, 0.25) is 11.8 Å². The molecule has 9 nitrogen and oxygen atoms in total. The van der Waals surface area contributed by atoms with Crippen LogP contribution in [0, 0.1) is 0 Å². The minimum absolute atomic E-state index is 0.0455. The molecule has 0 saturated heterocycles. The zero-order chi connectivity index (χ0) is 14.8. The van der Waals surface area contributed by atoms with Crippen LogP contribution in [-0.2, 0) is 13.0 Å². The molecular formula is C12H18N8O. The van der Waals surface area contributed by atoms with Gasteiger partial charge in [-0.1, -0.05) is 6.42 Å². The molecule has 1 aliphatic rings. The van der Waals surface area contributed by atoms with Gasteiger partial charge in [-0.25, -0.2) is 0 Å². The second-order valence-electron chi connectivity index (χ2n) is 5.17. The van der Waals surface area contributed by atoms with Crippen molar-refractivity contribution in [2.45, 2.75) is 45.2 Å². The van der Waals surface area contributed by atoms with Crippen LogP contribution in [0.2, 0.25) is 0 Å². The smallest absolute Gasteiger partial charge is 0.289 e. The van der Waals surface area contributed by atoms with E-state index in [0.717, 1.165) is 37.5 Å². The van der Waals surface area contributed by atoms with E-state index in [-0.39, 0.29) is 23.7 Å². The Labute approximate surface area is 121 Å². The van der Waals surface area contributed by atoms with Gasteiger partial charge in [-0.05, 0) is 19.8 Å². The van der Waals surface area contributed by atoms with Gasteiger partial charge in [-0.2, -0.15) is 4.98 Å². The molecule has 2 aromatic heterocycles.